The highest BCUT2D eigenvalue weighted by atomic mass is 32.1. The van der Waals surface area contributed by atoms with Crippen LogP contribution in [0.1, 0.15) is 18.1 Å². The maximum absolute atomic E-state index is 12.3. The molecule has 30 heavy (non-hydrogen) atoms. The molecule has 1 heterocycles. The SMILES string of the molecule is CCOc1ccc(-n2c(O)c(C=Nc3ccc(CC(=O)O)cc3)c(=O)[nH]c2=S)cc1. The second kappa shape index (κ2) is 9.19. The molecular weight excluding hydrogens is 406 g/mol. The minimum Gasteiger partial charge on any atom is -0.494 e. The van der Waals surface area contributed by atoms with E-state index < -0.39 is 11.5 Å². The molecule has 9 heteroatoms. The summed E-state index contributed by atoms with van der Waals surface area (Å²) in [7, 11) is 0. The van der Waals surface area contributed by atoms with E-state index in [0.717, 1.165) is 0 Å². The van der Waals surface area contributed by atoms with Crippen molar-refractivity contribution in [3.05, 3.63) is 74.8 Å². The zero-order valence-corrected chi connectivity index (χ0v) is 16.8. The van der Waals surface area contributed by atoms with Crippen LogP contribution in [0.4, 0.5) is 5.69 Å². The van der Waals surface area contributed by atoms with E-state index in [0.29, 0.717) is 29.3 Å². The number of ether oxygens (including phenoxy) is 1. The lowest BCUT2D eigenvalue weighted by Crippen LogP contribution is -2.18. The third-order valence-corrected chi connectivity index (χ3v) is 4.45. The molecule has 154 valence electrons. The van der Waals surface area contributed by atoms with Crippen LogP contribution in [0.15, 0.2) is 58.3 Å². The molecule has 0 amide bonds. The number of H-pyrrole nitrogens is 1. The molecule has 0 saturated carbocycles. The Kier molecular flexibility index (Phi) is 6.43. The molecule has 0 unspecified atom stereocenters. The van der Waals surface area contributed by atoms with Gasteiger partial charge in [-0.05, 0) is 61.1 Å². The number of rotatable bonds is 7. The fraction of sp³-hybridized carbons (Fsp3) is 0.143. The average molecular weight is 425 g/mol. The summed E-state index contributed by atoms with van der Waals surface area (Å²) in [6, 6.07) is 13.4. The first-order chi connectivity index (χ1) is 14.4. The van der Waals surface area contributed by atoms with Gasteiger partial charge in [0.15, 0.2) is 4.77 Å². The van der Waals surface area contributed by atoms with E-state index >= 15 is 0 Å². The number of aromatic hydroxyl groups is 1. The van der Waals surface area contributed by atoms with Crippen molar-refractivity contribution < 1.29 is 19.7 Å². The zero-order valence-electron chi connectivity index (χ0n) is 16.0. The summed E-state index contributed by atoms with van der Waals surface area (Å²) in [4.78, 5) is 29.8. The molecule has 0 spiro atoms. The number of aliphatic imine (C=N–C) groups is 1. The van der Waals surface area contributed by atoms with Gasteiger partial charge in [0, 0.05) is 6.21 Å². The normalized spacial score (nSPS) is 11.0. The first-order valence-corrected chi connectivity index (χ1v) is 9.46. The maximum Gasteiger partial charge on any atom is 0.307 e. The molecule has 0 aliphatic heterocycles. The second-order valence-electron chi connectivity index (χ2n) is 6.25. The Morgan fingerprint density at radius 2 is 1.87 bits per heavy atom. The number of aromatic amines is 1. The minimum absolute atomic E-state index is 0.0387. The largest absolute Gasteiger partial charge is 0.494 e. The van der Waals surface area contributed by atoms with Gasteiger partial charge in [0.25, 0.3) is 5.56 Å². The fourth-order valence-electron chi connectivity index (χ4n) is 2.77. The lowest BCUT2D eigenvalue weighted by Gasteiger charge is -2.12. The van der Waals surface area contributed by atoms with Gasteiger partial charge in [0.05, 0.1) is 24.4 Å². The number of carboxylic acid groups (broad SMARTS) is 1. The van der Waals surface area contributed by atoms with Crippen LogP contribution in [-0.4, -0.2) is 38.6 Å². The summed E-state index contributed by atoms with van der Waals surface area (Å²) >= 11 is 5.20. The number of aromatic nitrogens is 2. The van der Waals surface area contributed by atoms with Crippen LogP contribution >= 0.6 is 12.2 Å². The molecule has 0 bridgehead atoms. The van der Waals surface area contributed by atoms with Crippen LogP contribution in [0.2, 0.25) is 0 Å². The number of hydrogen-bond donors (Lipinski definition) is 3. The lowest BCUT2D eigenvalue weighted by atomic mass is 10.1. The molecular formula is C21H19N3O5S. The van der Waals surface area contributed by atoms with Crippen molar-refractivity contribution in [2.75, 3.05) is 6.61 Å². The van der Waals surface area contributed by atoms with Crippen molar-refractivity contribution in [3.8, 4) is 17.3 Å². The number of carboxylic acids is 1. The van der Waals surface area contributed by atoms with Crippen LogP contribution in [0, 0.1) is 4.77 Å². The van der Waals surface area contributed by atoms with Gasteiger partial charge < -0.3 is 14.9 Å². The van der Waals surface area contributed by atoms with Gasteiger partial charge in [-0.15, -0.1) is 0 Å². The van der Waals surface area contributed by atoms with Gasteiger partial charge in [0.2, 0.25) is 5.88 Å². The molecule has 3 rings (SSSR count). The van der Waals surface area contributed by atoms with E-state index in [1.54, 1.807) is 48.5 Å². The summed E-state index contributed by atoms with van der Waals surface area (Å²) in [5, 5.41) is 19.5. The molecule has 3 aromatic rings. The highest BCUT2D eigenvalue weighted by molar-refractivity contribution is 7.71. The number of benzene rings is 2. The van der Waals surface area contributed by atoms with Crippen LogP contribution in [-0.2, 0) is 11.2 Å². The molecule has 0 radical (unpaired) electrons. The topological polar surface area (TPSA) is 117 Å². The lowest BCUT2D eigenvalue weighted by molar-refractivity contribution is -0.136. The van der Waals surface area contributed by atoms with Gasteiger partial charge in [-0.25, -0.2) is 0 Å². The predicted molar refractivity (Wildman–Crippen MR) is 115 cm³/mol. The quantitative estimate of drug-likeness (QED) is 0.395. The molecule has 0 saturated heterocycles. The average Bonchev–Trinajstić information content (AvgIpc) is 2.70. The Hall–Kier alpha value is -3.72. The van der Waals surface area contributed by atoms with Gasteiger partial charge in [-0.3, -0.25) is 24.1 Å². The van der Waals surface area contributed by atoms with Gasteiger partial charge in [-0.1, -0.05) is 12.1 Å². The fourth-order valence-corrected chi connectivity index (χ4v) is 3.05. The van der Waals surface area contributed by atoms with Crippen LogP contribution in [0.25, 0.3) is 5.69 Å². The zero-order chi connectivity index (χ0) is 21.7. The Balaban J connectivity index is 1.95. The molecule has 8 nitrogen and oxygen atoms in total. The number of hydrogen-bond acceptors (Lipinski definition) is 6. The highest BCUT2D eigenvalue weighted by Gasteiger charge is 2.13. The Morgan fingerprint density at radius 3 is 2.47 bits per heavy atom. The first-order valence-electron chi connectivity index (χ1n) is 9.05. The monoisotopic (exact) mass is 425 g/mol. The van der Waals surface area contributed by atoms with Crippen molar-refractivity contribution in [1.29, 1.82) is 0 Å². The summed E-state index contributed by atoms with van der Waals surface area (Å²) in [5.74, 6) is -0.602. The summed E-state index contributed by atoms with van der Waals surface area (Å²) < 4.78 is 6.77. The van der Waals surface area contributed by atoms with Gasteiger partial charge >= 0.3 is 5.97 Å². The Labute approximate surface area is 176 Å². The molecule has 1 aromatic heterocycles. The molecule has 0 atom stereocenters. The highest BCUT2D eigenvalue weighted by Crippen LogP contribution is 2.22. The second-order valence-corrected chi connectivity index (χ2v) is 6.64. The molecule has 0 fully saturated rings. The smallest absolute Gasteiger partial charge is 0.307 e. The summed E-state index contributed by atoms with van der Waals surface area (Å²) in [6.07, 6.45) is 1.15. The Bertz CT molecular complexity index is 1200. The third-order valence-electron chi connectivity index (χ3n) is 4.16. The van der Waals surface area contributed by atoms with E-state index in [1.807, 2.05) is 6.92 Å². The standard InChI is InChI=1S/C21H19N3O5S/c1-2-29-16-9-7-15(8-10-16)24-20(28)17(19(27)23-21(24)30)12-22-14-5-3-13(4-6-14)11-18(25)26/h3-10,12,28H,2,11H2,1H3,(H,25,26)(H,23,27,30). The number of carbonyl (C=O) groups is 1. The summed E-state index contributed by atoms with van der Waals surface area (Å²) in [5.41, 5.74) is 1.03. The van der Waals surface area contributed by atoms with Crippen LogP contribution < -0.4 is 10.3 Å². The van der Waals surface area contributed by atoms with E-state index in [2.05, 4.69) is 9.98 Å². The van der Waals surface area contributed by atoms with Crippen molar-refractivity contribution in [2.45, 2.75) is 13.3 Å². The van der Waals surface area contributed by atoms with Gasteiger partial charge in [0.1, 0.15) is 11.3 Å². The molecule has 0 aliphatic rings. The van der Waals surface area contributed by atoms with E-state index in [9.17, 15) is 14.7 Å². The number of nitrogens with zero attached hydrogens (tertiary/aromatic N) is 2. The van der Waals surface area contributed by atoms with Crippen molar-refractivity contribution in [1.82, 2.24) is 9.55 Å². The predicted octanol–water partition coefficient (Wildman–Crippen LogP) is 3.38. The molecule has 2 aromatic carbocycles. The van der Waals surface area contributed by atoms with E-state index in [-0.39, 0.29) is 22.6 Å². The minimum atomic E-state index is -0.925. The van der Waals surface area contributed by atoms with Crippen molar-refractivity contribution in [3.63, 3.8) is 0 Å². The van der Waals surface area contributed by atoms with Crippen LogP contribution in [0.5, 0.6) is 11.6 Å². The first kappa shape index (κ1) is 21.0. The van der Waals surface area contributed by atoms with Gasteiger partial charge in [-0.2, -0.15) is 0 Å². The van der Waals surface area contributed by atoms with Crippen molar-refractivity contribution in [2.24, 2.45) is 4.99 Å². The third kappa shape index (κ3) is 4.81. The number of aliphatic carboxylic acids is 1. The molecule has 0 aliphatic carbocycles. The maximum atomic E-state index is 12.3. The molecule has 3 N–H and O–H groups in total. The summed E-state index contributed by atoms with van der Waals surface area (Å²) in [6.45, 7) is 2.41. The van der Waals surface area contributed by atoms with E-state index in [1.165, 1.54) is 10.8 Å². The van der Waals surface area contributed by atoms with Crippen molar-refractivity contribution >= 4 is 30.1 Å². The number of nitrogens with one attached hydrogen (secondary N) is 1. The van der Waals surface area contributed by atoms with Crippen LogP contribution in [0.3, 0.4) is 0 Å². The van der Waals surface area contributed by atoms with E-state index in [4.69, 9.17) is 22.1 Å². The Morgan fingerprint density at radius 1 is 1.20 bits per heavy atom.